The molecule has 1 aromatic heterocycles. The van der Waals surface area contributed by atoms with Crippen LogP contribution in [0.5, 0.6) is 11.5 Å². The second kappa shape index (κ2) is 6.20. The number of hydrogen-bond acceptors (Lipinski definition) is 4. The first-order chi connectivity index (χ1) is 9.22. The smallest absolute Gasteiger partial charge is 0.343 e. The fraction of sp³-hybridized carbons (Fsp3) is 0.143. The summed E-state index contributed by atoms with van der Waals surface area (Å²) in [5.41, 5.74) is 0.268. The zero-order valence-electron chi connectivity index (χ0n) is 10.3. The van der Waals surface area contributed by atoms with Crippen molar-refractivity contribution in [3.05, 3.63) is 53.3 Å². The Kier molecular flexibility index (Phi) is 4.36. The van der Waals surface area contributed by atoms with Gasteiger partial charge in [0.2, 0.25) is 0 Å². The van der Waals surface area contributed by atoms with Gasteiger partial charge in [0.05, 0.1) is 11.6 Å². The fourth-order valence-corrected chi connectivity index (χ4v) is 1.65. The number of benzene rings is 1. The molecule has 0 atom stereocenters. The van der Waals surface area contributed by atoms with Crippen molar-refractivity contribution >= 4 is 17.6 Å². The van der Waals surface area contributed by atoms with E-state index in [1.165, 1.54) is 12.4 Å². The molecule has 98 valence electrons. The third kappa shape index (κ3) is 3.23. The van der Waals surface area contributed by atoms with Crippen molar-refractivity contribution < 1.29 is 14.3 Å². The van der Waals surface area contributed by atoms with Gasteiger partial charge in [0, 0.05) is 18.5 Å². The Morgan fingerprint density at radius 2 is 2.05 bits per heavy atom. The Balaban J connectivity index is 2.30. The van der Waals surface area contributed by atoms with Crippen molar-refractivity contribution in [2.75, 3.05) is 6.61 Å². The Bertz CT molecular complexity index is 586. The molecule has 0 radical (unpaired) electrons. The summed E-state index contributed by atoms with van der Waals surface area (Å²) >= 11 is 6.01. The molecule has 0 aliphatic carbocycles. The van der Waals surface area contributed by atoms with E-state index in [9.17, 15) is 4.79 Å². The largest absolute Gasteiger partial charge is 0.462 e. The number of carbonyl (C=O) groups excluding carboxylic acids is 1. The maximum atomic E-state index is 11.8. The average Bonchev–Trinajstić information content (AvgIpc) is 2.42. The standard InChI is InChI=1S/C14H12ClNO3/c1-2-18-14(17)10-9-16-8-7-12(10)19-13-6-4-3-5-11(13)15/h3-9H,2H2,1H3. The molecule has 0 saturated carbocycles. The van der Waals surface area contributed by atoms with Crippen molar-refractivity contribution in [3.63, 3.8) is 0 Å². The third-order valence-corrected chi connectivity index (χ3v) is 2.65. The molecule has 2 rings (SSSR count). The van der Waals surface area contributed by atoms with E-state index in [0.717, 1.165) is 0 Å². The van der Waals surface area contributed by atoms with Gasteiger partial charge >= 0.3 is 5.97 Å². The van der Waals surface area contributed by atoms with Crippen molar-refractivity contribution in [2.45, 2.75) is 6.92 Å². The highest BCUT2D eigenvalue weighted by Gasteiger charge is 2.15. The van der Waals surface area contributed by atoms with Gasteiger partial charge in [-0.05, 0) is 19.1 Å². The van der Waals surface area contributed by atoms with Gasteiger partial charge in [-0.2, -0.15) is 0 Å². The lowest BCUT2D eigenvalue weighted by molar-refractivity contribution is 0.0523. The Labute approximate surface area is 115 Å². The predicted molar refractivity (Wildman–Crippen MR) is 71.7 cm³/mol. The van der Waals surface area contributed by atoms with Crippen molar-refractivity contribution in [2.24, 2.45) is 0 Å². The molecule has 0 aliphatic rings. The number of aromatic nitrogens is 1. The van der Waals surface area contributed by atoms with E-state index in [4.69, 9.17) is 21.1 Å². The van der Waals surface area contributed by atoms with E-state index in [1.807, 2.05) is 0 Å². The van der Waals surface area contributed by atoms with Crippen LogP contribution in [-0.2, 0) is 4.74 Å². The summed E-state index contributed by atoms with van der Waals surface area (Å²) in [5, 5.41) is 0.467. The number of carbonyl (C=O) groups is 1. The fourth-order valence-electron chi connectivity index (χ4n) is 1.48. The predicted octanol–water partition coefficient (Wildman–Crippen LogP) is 3.70. The second-order valence-corrected chi connectivity index (χ2v) is 4.03. The van der Waals surface area contributed by atoms with Gasteiger partial charge in [0.25, 0.3) is 0 Å². The quantitative estimate of drug-likeness (QED) is 0.800. The third-order valence-electron chi connectivity index (χ3n) is 2.33. The van der Waals surface area contributed by atoms with Gasteiger partial charge in [-0.25, -0.2) is 4.79 Å². The summed E-state index contributed by atoms with van der Waals surface area (Å²) in [5.74, 6) is 0.361. The average molecular weight is 278 g/mol. The van der Waals surface area contributed by atoms with Gasteiger partial charge < -0.3 is 9.47 Å². The lowest BCUT2D eigenvalue weighted by Gasteiger charge is -2.10. The zero-order chi connectivity index (χ0) is 13.7. The number of pyridine rings is 1. The van der Waals surface area contributed by atoms with Crippen molar-refractivity contribution in [1.29, 1.82) is 0 Å². The summed E-state index contributed by atoms with van der Waals surface area (Å²) < 4.78 is 10.6. The van der Waals surface area contributed by atoms with Gasteiger partial charge in [0.1, 0.15) is 17.1 Å². The van der Waals surface area contributed by atoms with Crippen LogP contribution in [0, 0.1) is 0 Å². The molecular formula is C14H12ClNO3. The van der Waals surface area contributed by atoms with E-state index in [2.05, 4.69) is 4.98 Å². The molecule has 1 heterocycles. The number of rotatable bonds is 4. The van der Waals surface area contributed by atoms with Gasteiger partial charge in [0.15, 0.2) is 0 Å². The molecule has 0 aliphatic heterocycles. The van der Waals surface area contributed by atoms with Gasteiger partial charge in [-0.1, -0.05) is 23.7 Å². The molecular weight excluding hydrogens is 266 g/mol. The monoisotopic (exact) mass is 277 g/mol. The first kappa shape index (κ1) is 13.4. The highest BCUT2D eigenvalue weighted by Crippen LogP contribution is 2.30. The van der Waals surface area contributed by atoms with E-state index in [0.29, 0.717) is 23.1 Å². The van der Waals surface area contributed by atoms with Crippen LogP contribution < -0.4 is 4.74 Å². The van der Waals surface area contributed by atoms with Gasteiger partial charge in [-0.3, -0.25) is 4.98 Å². The maximum Gasteiger partial charge on any atom is 0.343 e. The zero-order valence-corrected chi connectivity index (χ0v) is 11.1. The molecule has 0 saturated heterocycles. The maximum absolute atomic E-state index is 11.8. The SMILES string of the molecule is CCOC(=O)c1cnccc1Oc1ccccc1Cl. The lowest BCUT2D eigenvalue weighted by Crippen LogP contribution is -2.07. The molecule has 0 fully saturated rings. The van der Waals surface area contributed by atoms with E-state index >= 15 is 0 Å². The highest BCUT2D eigenvalue weighted by molar-refractivity contribution is 6.32. The topological polar surface area (TPSA) is 48.4 Å². The summed E-state index contributed by atoms with van der Waals surface area (Å²) in [4.78, 5) is 15.7. The Morgan fingerprint density at radius 1 is 1.26 bits per heavy atom. The van der Waals surface area contributed by atoms with Crippen LogP contribution in [0.15, 0.2) is 42.7 Å². The Morgan fingerprint density at radius 3 is 2.79 bits per heavy atom. The van der Waals surface area contributed by atoms with E-state index in [1.54, 1.807) is 37.3 Å². The summed E-state index contributed by atoms with van der Waals surface area (Å²) in [6.07, 6.45) is 2.94. The first-order valence-electron chi connectivity index (χ1n) is 5.76. The van der Waals surface area contributed by atoms with Crippen molar-refractivity contribution in [3.8, 4) is 11.5 Å². The number of nitrogens with zero attached hydrogens (tertiary/aromatic N) is 1. The molecule has 5 heteroatoms. The normalized spacial score (nSPS) is 10.0. The molecule has 1 aromatic carbocycles. The highest BCUT2D eigenvalue weighted by atomic mass is 35.5. The van der Waals surface area contributed by atoms with E-state index < -0.39 is 5.97 Å². The Hall–Kier alpha value is -2.07. The van der Waals surface area contributed by atoms with Crippen LogP contribution in [-0.4, -0.2) is 17.6 Å². The first-order valence-corrected chi connectivity index (χ1v) is 6.13. The summed E-state index contributed by atoms with van der Waals surface area (Å²) in [6.45, 7) is 2.03. The van der Waals surface area contributed by atoms with Crippen LogP contribution >= 0.6 is 11.6 Å². The van der Waals surface area contributed by atoms with Crippen LogP contribution in [0.2, 0.25) is 5.02 Å². The minimum Gasteiger partial charge on any atom is -0.462 e. The van der Waals surface area contributed by atoms with Crippen LogP contribution in [0.4, 0.5) is 0 Å². The van der Waals surface area contributed by atoms with E-state index in [-0.39, 0.29) is 5.56 Å². The van der Waals surface area contributed by atoms with Crippen LogP contribution in [0.25, 0.3) is 0 Å². The number of hydrogen-bond donors (Lipinski definition) is 0. The molecule has 4 nitrogen and oxygen atoms in total. The minimum atomic E-state index is -0.474. The van der Waals surface area contributed by atoms with Crippen LogP contribution in [0.3, 0.4) is 0 Å². The molecule has 19 heavy (non-hydrogen) atoms. The summed E-state index contributed by atoms with van der Waals surface area (Å²) in [7, 11) is 0. The number of esters is 1. The number of halogens is 1. The van der Waals surface area contributed by atoms with Crippen molar-refractivity contribution in [1.82, 2.24) is 4.98 Å². The second-order valence-electron chi connectivity index (χ2n) is 3.62. The molecule has 0 amide bonds. The number of para-hydroxylation sites is 1. The molecule has 0 N–H and O–H groups in total. The summed E-state index contributed by atoms with van der Waals surface area (Å²) in [6, 6.07) is 8.62. The molecule has 2 aromatic rings. The van der Waals surface area contributed by atoms with Gasteiger partial charge in [-0.15, -0.1) is 0 Å². The number of ether oxygens (including phenoxy) is 2. The minimum absolute atomic E-state index is 0.268. The van der Waals surface area contributed by atoms with Crippen LogP contribution in [0.1, 0.15) is 17.3 Å². The molecule has 0 spiro atoms. The molecule has 0 unspecified atom stereocenters. The molecule has 0 bridgehead atoms. The lowest BCUT2D eigenvalue weighted by atomic mass is 10.2.